The number of rotatable bonds is 3. The highest BCUT2D eigenvalue weighted by Crippen LogP contribution is 2.15. The minimum Gasteiger partial charge on any atom is -0.278 e. The highest BCUT2D eigenvalue weighted by Gasteiger charge is 1.91. The molecule has 0 spiro atoms. The van der Waals surface area contributed by atoms with E-state index in [1.54, 1.807) is 6.21 Å². The van der Waals surface area contributed by atoms with Crippen molar-refractivity contribution in [2.45, 2.75) is 0 Å². The van der Waals surface area contributed by atoms with E-state index in [1.807, 2.05) is 48.5 Å². The largest absolute Gasteiger partial charge is 0.278 e. The maximum Gasteiger partial charge on any atom is 0.0576 e. The minimum atomic E-state index is 0.688. The van der Waals surface area contributed by atoms with Gasteiger partial charge in [0.25, 0.3) is 0 Å². The normalized spacial score (nSPS) is 10.7. The molecule has 0 aromatic heterocycles. The van der Waals surface area contributed by atoms with Crippen LogP contribution in [0, 0.1) is 0 Å². The first-order valence-corrected chi connectivity index (χ1v) is 6.21. The number of halogens is 2. The molecule has 2 nitrogen and oxygen atoms in total. The Morgan fingerprint density at radius 1 is 1.12 bits per heavy atom. The van der Waals surface area contributed by atoms with Gasteiger partial charge in [-0.25, -0.2) is 0 Å². The van der Waals surface area contributed by atoms with Crippen molar-refractivity contribution in [3.8, 4) is 0 Å². The van der Waals surface area contributed by atoms with E-state index in [0.717, 1.165) is 15.7 Å². The topological polar surface area (TPSA) is 24.4 Å². The quantitative estimate of drug-likeness (QED) is 0.653. The average Bonchev–Trinajstić information content (AvgIpc) is 2.29. The molecule has 0 amide bonds. The number of anilines is 1. The second-order valence-corrected chi connectivity index (χ2v) is 4.79. The van der Waals surface area contributed by atoms with E-state index < -0.39 is 0 Å². The van der Waals surface area contributed by atoms with Crippen molar-refractivity contribution in [2.24, 2.45) is 5.10 Å². The van der Waals surface area contributed by atoms with Crippen LogP contribution in [0.2, 0.25) is 5.02 Å². The van der Waals surface area contributed by atoms with Crippen molar-refractivity contribution in [3.05, 3.63) is 63.6 Å². The zero-order chi connectivity index (χ0) is 12.1. The molecule has 0 fully saturated rings. The van der Waals surface area contributed by atoms with E-state index in [-0.39, 0.29) is 0 Å². The van der Waals surface area contributed by atoms with Gasteiger partial charge in [-0.1, -0.05) is 45.7 Å². The van der Waals surface area contributed by atoms with Gasteiger partial charge in [0.1, 0.15) is 0 Å². The molecule has 0 bridgehead atoms. The van der Waals surface area contributed by atoms with Gasteiger partial charge in [0, 0.05) is 9.50 Å². The Morgan fingerprint density at radius 3 is 2.71 bits per heavy atom. The van der Waals surface area contributed by atoms with Crippen LogP contribution >= 0.6 is 27.5 Å². The van der Waals surface area contributed by atoms with E-state index in [1.165, 1.54) is 0 Å². The fourth-order valence-corrected chi connectivity index (χ4v) is 1.93. The molecule has 4 heteroatoms. The van der Waals surface area contributed by atoms with Crippen LogP contribution in [0.25, 0.3) is 0 Å². The van der Waals surface area contributed by atoms with E-state index in [0.29, 0.717) is 5.02 Å². The summed E-state index contributed by atoms with van der Waals surface area (Å²) in [6.45, 7) is 0. The third kappa shape index (κ3) is 3.88. The highest BCUT2D eigenvalue weighted by molar-refractivity contribution is 9.10. The summed E-state index contributed by atoms with van der Waals surface area (Å²) in [5.41, 5.74) is 4.81. The molecule has 0 aliphatic rings. The molecule has 86 valence electrons. The van der Waals surface area contributed by atoms with Crippen LogP contribution in [0.4, 0.5) is 5.69 Å². The lowest BCUT2D eigenvalue weighted by molar-refractivity contribution is 1.35. The fourth-order valence-electron chi connectivity index (χ4n) is 1.33. The van der Waals surface area contributed by atoms with E-state index in [4.69, 9.17) is 11.6 Å². The summed E-state index contributed by atoms with van der Waals surface area (Å²) in [6.07, 6.45) is 1.76. The molecule has 2 rings (SSSR count). The number of hydrogen-bond donors (Lipinski definition) is 1. The summed E-state index contributed by atoms with van der Waals surface area (Å²) in [5, 5.41) is 4.83. The minimum absolute atomic E-state index is 0.688. The third-order valence-electron chi connectivity index (χ3n) is 2.08. The number of hydrogen-bond acceptors (Lipinski definition) is 2. The predicted octanol–water partition coefficient (Wildman–Crippen LogP) is 4.55. The average molecular weight is 310 g/mol. The second kappa shape index (κ2) is 5.84. The number of benzene rings is 2. The van der Waals surface area contributed by atoms with Gasteiger partial charge < -0.3 is 0 Å². The summed E-state index contributed by atoms with van der Waals surface area (Å²) in [4.78, 5) is 0. The molecule has 0 saturated carbocycles. The van der Waals surface area contributed by atoms with E-state index >= 15 is 0 Å². The first-order valence-electron chi connectivity index (χ1n) is 5.04. The first-order chi connectivity index (χ1) is 8.24. The Kier molecular flexibility index (Phi) is 4.18. The van der Waals surface area contributed by atoms with Crippen LogP contribution in [0.5, 0.6) is 0 Å². The van der Waals surface area contributed by atoms with Crippen molar-refractivity contribution in [1.29, 1.82) is 0 Å². The fraction of sp³-hybridized carbons (Fsp3) is 0. The Bertz CT molecular complexity index is 540. The molecule has 2 aromatic carbocycles. The lowest BCUT2D eigenvalue weighted by atomic mass is 10.2. The summed E-state index contributed by atoms with van der Waals surface area (Å²) >= 11 is 9.27. The molecule has 0 aliphatic carbocycles. The van der Waals surface area contributed by atoms with Crippen LogP contribution < -0.4 is 5.43 Å². The summed E-state index contributed by atoms with van der Waals surface area (Å²) in [6, 6.07) is 15.3. The Balaban J connectivity index is 2.03. The van der Waals surface area contributed by atoms with Crippen molar-refractivity contribution in [2.75, 3.05) is 5.43 Å². The number of nitrogens with zero attached hydrogens (tertiary/aromatic N) is 1. The van der Waals surface area contributed by atoms with Crippen LogP contribution in [-0.2, 0) is 0 Å². The number of nitrogens with one attached hydrogen (secondary N) is 1. The lowest BCUT2D eigenvalue weighted by Gasteiger charge is -2.00. The maximum absolute atomic E-state index is 5.86. The summed E-state index contributed by atoms with van der Waals surface area (Å²) in [5.74, 6) is 0. The van der Waals surface area contributed by atoms with E-state index in [9.17, 15) is 0 Å². The van der Waals surface area contributed by atoms with Crippen molar-refractivity contribution in [1.82, 2.24) is 0 Å². The monoisotopic (exact) mass is 308 g/mol. The second-order valence-electron chi connectivity index (χ2n) is 3.44. The molecule has 0 aliphatic heterocycles. The predicted molar refractivity (Wildman–Crippen MR) is 76.8 cm³/mol. The molecule has 0 radical (unpaired) electrons. The van der Waals surface area contributed by atoms with Crippen molar-refractivity contribution in [3.63, 3.8) is 0 Å². The lowest BCUT2D eigenvalue weighted by Crippen LogP contribution is -1.90. The van der Waals surface area contributed by atoms with Gasteiger partial charge in [0.15, 0.2) is 0 Å². The van der Waals surface area contributed by atoms with E-state index in [2.05, 4.69) is 26.5 Å². The van der Waals surface area contributed by atoms with Crippen molar-refractivity contribution >= 4 is 39.4 Å². The maximum atomic E-state index is 5.86. The highest BCUT2D eigenvalue weighted by atomic mass is 79.9. The number of hydrazone groups is 1. The zero-order valence-electron chi connectivity index (χ0n) is 8.90. The van der Waals surface area contributed by atoms with Gasteiger partial charge in [0.05, 0.1) is 11.9 Å². The zero-order valence-corrected chi connectivity index (χ0v) is 11.2. The molecule has 0 heterocycles. The molecular formula is C13H10BrClN2. The Labute approximate surface area is 113 Å². The standard InChI is InChI=1S/C13H10BrClN2/c14-11-4-1-3-10(7-11)9-16-17-13-6-2-5-12(15)8-13/h1-9,17H/b16-9+. The van der Waals surface area contributed by atoms with Crippen molar-refractivity contribution < 1.29 is 0 Å². The van der Waals surface area contributed by atoms with Gasteiger partial charge in [-0.15, -0.1) is 0 Å². The van der Waals surface area contributed by atoms with Gasteiger partial charge in [-0.3, -0.25) is 5.43 Å². The van der Waals surface area contributed by atoms with Crippen LogP contribution in [0.15, 0.2) is 58.1 Å². The van der Waals surface area contributed by atoms with Crippen LogP contribution in [0.3, 0.4) is 0 Å². The Hall–Kier alpha value is -1.32. The molecule has 17 heavy (non-hydrogen) atoms. The summed E-state index contributed by atoms with van der Waals surface area (Å²) in [7, 11) is 0. The molecule has 0 atom stereocenters. The summed E-state index contributed by atoms with van der Waals surface area (Å²) < 4.78 is 1.03. The molecule has 0 saturated heterocycles. The smallest absolute Gasteiger partial charge is 0.0576 e. The van der Waals surface area contributed by atoms with Crippen LogP contribution in [-0.4, -0.2) is 6.21 Å². The molecule has 2 aromatic rings. The van der Waals surface area contributed by atoms with Gasteiger partial charge in [-0.2, -0.15) is 5.10 Å². The van der Waals surface area contributed by atoms with Crippen LogP contribution in [0.1, 0.15) is 5.56 Å². The molecule has 0 unspecified atom stereocenters. The molecular weight excluding hydrogens is 300 g/mol. The Morgan fingerprint density at radius 2 is 1.94 bits per heavy atom. The van der Waals surface area contributed by atoms with Gasteiger partial charge in [0.2, 0.25) is 0 Å². The van der Waals surface area contributed by atoms with Gasteiger partial charge in [-0.05, 0) is 35.9 Å². The first kappa shape index (κ1) is 12.1. The molecule has 1 N–H and O–H groups in total. The third-order valence-corrected chi connectivity index (χ3v) is 2.81. The SMILES string of the molecule is Clc1cccc(N/N=C/c2cccc(Br)c2)c1. The van der Waals surface area contributed by atoms with Gasteiger partial charge >= 0.3 is 0 Å².